The Morgan fingerprint density at radius 2 is 2.05 bits per heavy atom. The zero-order valence-electron chi connectivity index (χ0n) is 12.4. The molecule has 0 spiro atoms. The topological polar surface area (TPSA) is 58.9 Å². The summed E-state index contributed by atoms with van der Waals surface area (Å²) in [5.74, 6) is 2.51. The van der Waals surface area contributed by atoms with Crippen LogP contribution in [0.1, 0.15) is 5.82 Å². The number of nitrogens with one attached hydrogen (secondary N) is 1. The van der Waals surface area contributed by atoms with E-state index in [1.807, 2.05) is 56.2 Å². The van der Waals surface area contributed by atoms with Crippen molar-refractivity contribution in [1.82, 2.24) is 19.5 Å². The van der Waals surface area contributed by atoms with E-state index in [2.05, 4.69) is 25.2 Å². The van der Waals surface area contributed by atoms with Gasteiger partial charge in [0.1, 0.15) is 11.6 Å². The van der Waals surface area contributed by atoms with Crippen LogP contribution in [0.2, 0.25) is 0 Å². The number of aryl methyl sites for hydroxylation is 1. The number of nitrogens with zero attached hydrogens (tertiary/aromatic N) is 5. The first-order valence-corrected chi connectivity index (χ1v) is 6.81. The van der Waals surface area contributed by atoms with Gasteiger partial charge in [-0.05, 0) is 12.1 Å². The Kier molecular flexibility index (Phi) is 3.43. The fourth-order valence-corrected chi connectivity index (χ4v) is 2.30. The van der Waals surface area contributed by atoms with Gasteiger partial charge in [-0.3, -0.25) is 0 Å². The van der Waals surface area contributed by atoms with Crippen LogP contribution in [-0.2, 0) is 13.6 Å². The number of hydrogen-bond acceptors (Lipinski definition) is 5. The number of anilines is 2. The highest BCUT2D eigenvalue weighted by atomic mass is 15.2. The lowest BCUT2D eigenvalue weighted by molar-refractivity contribution is 0.757. The molecule has 6 heteroatoms. The Morgan fingerprint density at radius 3 is 2.76 bits per heavy atom. The van der Waals surface area contributed by atoms with Gasteiger partial charge in [0.05, 0.1) is 12.1 Å². The molecule has 3 aromatic rings. The van der Waals surface area contributed by atoms with E-state index >= 15 is 0 Å². The molecule has 0 unspecified atom stereocenters. The predicted molar refractivity (Wildman–Crippen MR) is 84.4 cm³/mol. The first-order chi connectivity index (χ1) is 10.2. The summed E-state index contributed by atoms with van der Waals surface area (Å²) in [6.07, 6.45) is 3.75. The predicted octanol–water partition coefficient (Wildman–Crippen LogP) is 2.04. The van der Waals surface area contributed by atoms with E-state index in [4.69, 9.17) is 0 Å². The molecule has 0 aliphatic rings. The Hall–Kier alpha value is -2.63. The number of fused-ring (bicyclic) bond motifs is 1. The first kappa shape index (κ1) is 13.4. The molecule has 0 aliphatic carbocycles. The lowest BCUT2D eigenvalue weighted by atomic mass is 10.2. The molecule has 1 aromatic carbocycles. The second-order valence-electron chi connectivity index (χ2n) is 4.95. The summed E-state index contributed by atoms with van der Waals surface area (Å²) < 4.78 is 2.01. The summed E-state index contributed by atoms with van der Waals surface area (Å²) >= 11 is 0. The number of imidazole rings is 1. The SMILES string of the molecule is CNc1nc(N(C)Cc2nccn2C)c2ccccc2n1. The normalized spacial score (nSPS) is 10.8. The van der Waals surface area contributed by atoms with Gasteiger partial charge >= 0.3 is 0 Å². The van der Waals surface area contributed by atoms with Crippen molar-refractivity contribution in [3.63, 3.8) is 0 Å². The molecule has 0 aliphatic heterocycles. The quantitative estimate of drug-likeness (QED) is 0.793. The average molecular weight is 282 g/mol. The van der Waals surface area contributed by atoms with Crippen molar-refractivity contribution in [2.75, 3.05) is 24.3 Å². The van der Waals surface area contributed by atoms with Crippen LogP contribution in [0.5, 0.6) is 0 Å². The van der Waals surface area contributed by atoms with Crippen molar-refractivity contribution in [1.29, 1.82) is 0 Å². The van der Waals surface area contributed by atoms with Gasteiger partial charge in [-0.25, -0.2) is 9.97 Å². The van der Waals surface area contributed by atoms with Crippen LogP contribution in [0.25, 0.3) is 10.9 Å². The highest BCUT2D eigenvalue weighted by molar-refractivity contribution is 5.90. The van der Waals surface area contributed by atoms with E-state index in [9.17, 15) is 0 Å². The number of benzene rings is 1. The van der Waals surface area contributed by atoms with Crippen LogP contribution in [0.15, 0.2) is 36.7 Å². The van der Waals surface area contributed by atoms with Crippen molar-refractivity contribution < 1.29 is 0 Å². The summed E-state index contributed by atoms with van der Waals surface area (Å²) in [6.45, 7) is 0.688. The van der Waals surface area contributed by atoms with Crippen molar-refractivity contribution in [2.45, 2.75) is 6.54 Å². The second kappa shape index (κ2) is 5.40. The number of hydrogen-bond donors (Lipinski definition) is 1. The highest BCUT2D eigenvalue weighted by Crippen LogP contribution is 2.25. The molecule has 0 saturated heterocycles. The van der Waals surface area contributed by atoms with E-state index in [-0.39, 0.29) is 0 Å². The van der Waals surface area contributed by atoms with Gasteiger partial charge < -0.3 is 14.8 Å². The highest BCUT2D eigenvalue weighted by Gasteiger charge is 2.12. The minimum Gasteiger partial charge on any atom is -0.357 e. The maximum Gasteiger partial charge on any atom is 0.224 e. The fraction of sp³-hybridized carbons (Fsp3) is 0.267. The molecular weight excluding hydrogens is 264 g/mol. The van der Waals surface area contributed by atoms with Crippen LogP contribution in [-0.4, -0.2) is 33.6 Å². The summed E-state index contributed by atoms with van der Waals surface area (Å²) in [4.78, 5) is 15.5. The number of rotatable bonds is 4. The van der Waals surface area contributed by atoms with Crippen molar-refractivity contribution in [2.24, 2.45) is 7.05 Å². The molecule has 0 fully saturated rings. The molecule has 0 radical (unpaired) electrons. The molecule has 21 heavy (non-hydrogen) atoms. The van der Waals surface area contributed by atoms with Gasteiger partial charge in [-0.1, -0.05) is 12.1 Å². The van der Waals surface area contributed by atoms with Crippen LogP contribution in [0.3, 0.4) is 0 Å². The zero-order valence-corrected chi connectivity index (χ0v) is 12.4. The second-order valence-corrected chi connectivity index (χ2v) is 4.95. The summed E-state index contributed by atoms with van der Waals surface area (Å²) in [5, 5.41) is 4.05. The molecule has 1 N–H and O–H groups in total. The standard InChI is InChI=1S/C15H18N6/c1-16-15-18-12-7-5-4-6-11(12)14(19-15)21(3)10-13-17-8-9-20(13)2/h4-9H,10H2,1-3H3,(H,16,18,19). The van der Waals surface area contributed by atoms with Crippen molar-refractivity contribution >= 4 is 22.7 Å². The average Bonchev–Trinajstić information content (AvgIpc) is 2.91. The molecular formula is C15H18N6. The Morgan fingerprint density at radius 1 is 1.24 bits per heavy atom. The van der Waals surface area contributed by atoms with Gasteiger partial charge in [0.25, 0.3) is 0 Å². The van der Waals surface area contributed by atoms with Gasteiger partial charge in [-0.15, -0.1) is 0 Å². The Labute approximate surface area is 123 Å². The third-order valence-electron chi connectivity index (χ3n) is 3.47. The van der Waals surface area contributed by atoms with Crippen molar-refractivity contribution in [3.05, 3.63) is 42.5 Å². The summed E-state index contributed by atoms with van der Waals surface area (Å²) in [7, 11) is 5.84. The number of para-hydroxylation sites is 1. The van der Waals surface area contributed by atoms with E-state index in [0.717, 1.165) is 22.5 Å². The van der Waals surface area contributed by atoms with E-state index in [1.54, 1.807) is 6.20 Å². The smallest absolute Gasteiger partial charge is 0.224 e. The zero-order chi connectivity index (χ0) is 14.8. The van der Waals surface area contributed by atoms with E-state index in [0.29, 0.717) is 12.5 Å². The first-order valence-electron chi connectivity index (χ1n) is 6.81. The van der Waals surface area contributed by atoms with E-state index < -0.39 is 0 Å². The lowest BCUT2D eigenvalue weighted by Crippen LogP contribution is -2.21. The summed E-state index contributed by atoms with van der Waals surface area (Å²) in [5.41, 5.74) is 0.929. The number of aromatic nitrogens is 4. The maximum atomic E-state index is 4.60. The molecule has 2 aromatic heterocycles. The molecule has 3 rings (SSSR count). The molecule has 2 heterocycles. The third-order valence-corrected chi connectivity index (χ3v) is 3.47. The molecule has 0 amide bonds. The van der Waals surface area contributed by atoms with Crippen molar-refractivity contribution in [3.8, 4) is 0 Å². The minimum atomic E-state index is 0.621. The van der Waals surface area contributed by atoms with Gasteiger partial charge in [0.15, 0.2) is 0 Å². The van der Waals surface area contributed by atoms with Gasteiger partial charge in [-0.2, -0.15) is 4.98 Å². The maximum absolute atomic E-state index is 4.60. The monoisotopic (exact) mass is 282 g/mol. The Balaban J connectivity index is 2.04. The lowest BCUT2D eigenvalue weighted by Gasteiger charge is -2.20. The van der Waals surface area contributed by atoms with Gasteiger partial charge in [0, 0.05) is 38.9 Å². The molecule has 0 saturated carbocycles. The van der Waals surface area contributed by atoms with Crippen LogP contribution in [0, 0.1) is 0 Å². The molecule has 0 atom stereocenters. The summed E-state index contributed by atoms with van der Waals surface area (Å²) in [6, 6.07) is 8.02. The Bertz CT molecular complexity index is 764. The molecule has 6 nitrogen and oxygen atoms in total. The van der Waals surface area contributed by atoms with E-state index in [1.165, 1.54) is 0 Å². The third kappa shape index (κ3) is 2.52. The van der Waals surface area contributed by atoms with Crippen LogP contribution >= 0.6 is 0 Å². The largest absolute Gasteiger partial charge is 0.357 e. The van der Waals surface area contributed by atoms with Crippen LogP contribution in [0.4, 0.5) is 11.8 Å². The minimum absolute atomic E-state index is 0.621. The van der Waals surface area contributed by atoms with Gasteiger partial charge in [0.2, 0.25) is 5.95 Å². The van der Waals surface area contributed by atoms with Crippen LogP contribution < -0.4 is 10.2 Å². The molecule has 0 bridgehead atoms. The molecule has 108 valence electrons. The fourth-order valence-electron chi connectivity index (χ4n) is 2.30.